The summed E-state index contributed by atoms with van der Waals surface area (Å²) < 4.78 is 0. The van der Waals surface area contributed by atoms with Gasteiger partial charge in [0, 0.05) is 17.8 Å². The van der Waals surface area contributed by atoms with Gasteiger partial charge in [-0.05, 0) is 53.1 Å². The first-order valence-electron chi connectivity index (χ1n) is 5.32. The van der Waals surface area contributed by atoms with Crippen LogP contribution in [0.1, 0.15) is 21.5 Å². The number of hydrogen-bond donors (Lipinski definition) is 2. The Morgan fingerprint density at radius 2 is 2.00 bits per heavy atom. The second-order valence-corrected chi connectivity index (χ2v) is 4.63. The molecule has 17 heavy (non-hydrogen) atoms. The number of anilines is 1. The Morgan fingerprint density at radius 3 is 2.59 bits per heavy atom. The van der Waals surface area contributed by atoms with Gasteiger partial charge in [-0.2, -0.15) is 11.3 Å². The molecular weight excluding hydrogens is 232 g/mol. The number of carbonyl (C=O) groups excluding carboxylic acids is 1. The molecule has 0 bridgehead atoms. The first kappa shape index (κ1) is 11.7. The van der Waals surface area contributed by atoms with Crippen molar-refractivity contribution < 1.29 is 4.79 Å². The normalized spacial score (nSPS) is 10.2. The summed E-state index contributed by atoms with van der Waals surface area (Å²) in [5, 5.41) is 7.02. The first-order valence-corrected chi connectivity index (χ1v) is 6.26. The van der Waals surface area contributed by atoms with E-state index >= 15 is 0 Å². The van der Waals surface area contributed by atoms with E-state index in [1.807, 2.05) is 6.92 Å². The van der Waals surface area contributed by atoms with Crippen LogP contribution in [0, 0.1) is 6.92 Å². The van der Waals surface area contributed by atoms with E-state index in [-0.39, 0.29) is 5.91 Å². The Labute approximate surface area is 104 Å². The molecule has 0 unspecified atom stereocenters. The summed E-state index contributed by atoms with van der Waals surface area (Å²) in [6.45, 7) is 2.61. The number of rotatable bonds is 3. The number of hydrogen-bond acceptors (Lipinski definition) is 3. The van der Waals surface area contributed by atoms with Gasteiger partial charge in [-0.25, -0.2) is 0 Å². The van der Waals surface area contributed by atoms with Crippen LogP contribution in [-0.4, -0.2) is 5.91 Å². The van der Waals surface area contributed by atoms with Gasteiger partial charge in [0.05, 0.1) is 0 Å². The van der Waals surface area contributed by atoms with Crippen LogP contribution in [0.25, 0.3) is 0 Å². The van der Waals surface area contributed by atoms with Crippen LogP contribution in [0.4, 0.5) is 5.69 Å². The zero-order chi connectivity index (χ0) is 12.3. The van der Waals surface area contributed by atoms with E-state index in [0.29, 0.717) is 17.8 Å². The molecule has 3 nitrogen and oxygen atoms in total. The monoisotopic (exact) mass is 246 g/mol. The summed E-state index contributed by atoms with van der Waals surface area (Å²) >= 11 is 1.65. The van der Waals surface area contributed by atoms with Gasteiger partial charge in [-0.15, -0.1) is 0 Å². The summed E-state index contributed by atoms with van der Waals surface area (Å²) in [5.41, 5.74) is 9.24. The Bertz CT molecular complexity index is 516. The maximum absolute atomic E-state index is 11.8. The second-order valence-electron chi connectivity index (χ2n) is 3.88. The van der Waals surface area contributed by atoms with Gasteiger partial charge in [0.15, 0.2) is 0 Å². The van der Waals surface area contributed by atoms with Gasteiger partial charge in [-0.1, -0.05) is 0 Å². The summed E-state index contributed by atoms with van der Waals surface area (Å²) in [5.74, 6) is -0.0735. The number of carbonyl (C=O) groups is 1. The zero-order valence-electron chi connectivity index (χ0n) is 9.57. The van der Waals surface area contributed by atoms with E-state index < -0.39 is 0 Å². The molecule has 1 aromatic carbocycles. The van der Waals surface area contributed by atoms with Crippen LogP contribution in [0.3, 0.4) is 0 Å². The number of aryl methyl sites for hydroxylation is 1. The molecule has 0 radical (unpaired) electrons. The smallest absolute Gasteiger partial charge is 0.251 e. The summed E-state index contributed by atoms with van der Waals surface area (Å²) in [7, 11) is 0. The summed E-state index contributed by atoms with van der Waals surface area (Å²) in [4.78, 5) is 11.8. The Hall–Kier alpha value is -1.81. The first-order chi connectivity index (χ1) is 8.16. The Balaban J connectivity index is 1.98. The van der Waals surface area contributed by atoms with Crippen molar-refractivity contribution >= 4 is 22.9 Å². The zero-order valence-corrected chi connectivity index (χ0v) is 10.4. The minimum atomic E-state index is -0.0735. The maximum atomic E-state index is 11.8. The lowest BCUT2D eigenvalue weighted by Gasteiger charge is -2.05. The van der Waals surface area contributed by atoms with Crippen molar-refractivity contribution in [2.24, 2.45) is 0 Å². The topological polar surface area (TPSA) is 55.1 Å². The third kappa shape index (κ3) is 2.85. The van der Waals surface area contributed by atoms with Gasteiger partial charge < -0.3 is 11.1 Å². The van der Waals surface area contributed by atoms with Gasteiger partial charge in [0.2, 0.25) is 0 Å². The fourth-order valence-corrected chi connectivity index (χ4v) is 2.34. The highest BCUT2D eigenvalue weighted by molar-refractivity contribution is 7.08. The number of benzene rings is 1. The van der Waals surface area contributed by atoms with E-state index in [9.17, 15) is 4.79 Å². The molecule has 3 N–H and O–H groups in total. The van der Waals surface area contributed by atoms with Crippen molar-refractivity contribution in [3.63, 3.8) is 0 Å². The SMILES string of the molecule is Cc1cscc1CNC(=O)c1ccc(N)cc1. The van der Waals surface area contributed by atoms with Crippen LogP contribution in [0.5, 0.6) is 0 Å². The van der Waals surface area contributed by atoms with Crippen molar-refractivity contribution in [2.45, 2.75) is 13.5 Å². The average Bonchev–Trinajstić information content (AvgIpc) is 2.73. The molecule has 1 aromatic heterocycles. The Morgan fingerprint density at radius 1 is 1.29 bits per heavy atom. The second kappa shape index (κ2) is 5.01. The summed E-state index contributed by atoms with van der Waals surface area (Å²) in [6, 6.07) is 6.91. The molecule has 88 valence electrons. The average molecular weight is 246 g/mol. The van der Waals surface area contributed by atoms with Gasteiger partial charge in [0.1, 0.15) is 0 Å². The van der Waals surface area contributed by atoms with Crippen LogP contribution in [0.2, 0.25) is 0 Å². The third-order valence-corrected chi connectivity index (χ3v) is 3.48. The van der Waals surface area contributed by atoms with E-state index in [2.05, 4.69) is 16.1 Å². The van der Waals surface area contributed by atoms with E-state index in [0.717, 1.165) is 0 Å². The number of thiophene rings is 1. The molecule has 1 amide bonds. The minimum absolute atomic E-state index is 0.0735. The highest BCUT2D eigenvalue weighted by Gasteiger charge is 2.06. The van der Waals surface area contributed by atoms with Crippen LogP contribution >= 0.6 is 11.3 Å². The molecule has 0 saturated carbocycles. The quantitative estimate of drug-likeness (QED) is 0.818. The summed E-state index contributed by atoms with van der Waals surface area (Å²) in [6.07, 6.45) is 0. The molecule has 0 aliphatic carbocycles. The number of amides is 1. The fourth-order valence-electron chi connectivity index (χ4n) is 1.48. The predicted molar refractivity (Wildman–Crippen MR) is 71.1 cm³/mol. The number of nitrogens with one attached hydrogen (secondary N) is 1. The molecule has 2 rings (SSSR count). The number of nitrogen functional groups attached to an aromatic ring is 1. The van der Waals surface area contributed by atoms with Gasteiger partial charge >= 0.3 is 0 Å². The van der Waals surface area contributed by atoms with Gasteiger partial charge in [-0.3, -0.25) is 4.79 Å². The van der Waals surface area contributed by atoms with Crippen LogP contribution < -0.4 is 11.1 Å². The highest BCUT2D eigenvalue weighted by Crippen LogP contribution is 2.13. The minimum Gasteiger partial charge on any atom is -0.399 e. The van der Waals surface area contributed by atoms with Crippen molar-refractivity contribution in [3.05, 3.63) is 51.7 Å². The van der Waals surface area contributed by atoms with Crippen molar-refractivity contribution in [2.75, 3.05) is 5.73 Å². The third-order valence-electron chi connectivity index (χ3n) is 2.57. The van der Waals surface area contributed by atoms with Crippen molar-refractivity contribution in [1.29, 1.82) is 0 Å². The predicted octanol–water partition coefficient (Wildman–Crippen LogP) is 2.57. The standard InChI is InChI=1S/C13H14N2OS/c1-9-7-17-8-11(9)6-15-13(16)10-2-4-12(14)5-3-10/h2-5,7-8H,6,14H2,1H3,(H,15,16). The van der Waals surface area contributed by atoms with E-state index in [1.165, 1.54) is 11.1 Å². The molecule has 4 heteroatoms. The van der Waals surface area contributed by atoms with Crippen molar-refractivity contribution in [1.82, 2.24) is 5.32 Å². The molecule has 0 aliphatic rings. The molecule has 0 saturated heterocycles. The molecule has 0 aliphatic heterocycles. The van der Waals surface area contributed by atoms with E-state index in [4.69, 9.17) is 5.73 Å². The maximum Gasteiger partial charge on any atom is 0.251 e. The molecule has 0 atom stereocenters. The Kier molecular flexibility index (Phi) is 3.44. The lowest BCUT2D eigenvalue weighted by atomic mass is 10.2. The molecule has 2 aromatic rings. The molecule has 0 fully saturated rings. The lowest BCUT2D eigenvalue weighted by molar-refractivity contribution is 0.0951. The largest absolute Gasteiger partial charge is 0.399 e. The molecule has 1 heterocycles. The fraction of sp³-hybridized carbons (Fsp3) is 0.154. The highest BCUT2D eigenvalue weighted by atomic mass is 32.1. The van der Waals surface area contributed by atoms with Crippen molar-refractivity contribution in [3.8, 4) is 0 Å². The van der Waals surface area contributed by atoms with Crippen LogP contribution in [-0.2, 0) is 6.54 Å². The number of nitrogens with two attached hydrogens (primary N) is 1. The van der Waals surface area contributed by atoms with Gasteiger partial charge in [0.25, 0.3) is 5.91 Å². The van der Waals surface area contributed by atoms with Crippen LogP contribution in [0.15, 0.2) is 35.0 Å². The van der Waals surface area contributed by atoms with E-state index in [1.54, 1.807) is 35.6 Å². The lowest BCUT2D eigenvalue weighted by Crippen LogP contribution is -2.22. The molecule has 0 spiro atoms. The molecular formula is C13H14N2OS.